The van der Waals surface area contributed by atoms with E-state index < -0.39 is 5.97 Å². The SMILES string of the molecule is CCN1c2cc(Cl)c(C=Nc3cccc(C(=O)O)c3C)cc2C(C)=CC1(C)C. The van der Waals surface area contributed by atoms with Crippen LogP contribution in [0.1, 0.15) is 54.7 Å². The lowest BCUT2D eigenvalue weighted by Crippen LogP contribution is -2.44. The third-order valence-corrected chi connectivity index (χ3v) is 5.62. The zero-order chi connectivity index (χ0) is 20.6. The molecule has 2 aromatic rings. The van der Waals surface area contributed by atoms with Crippen molar-refractivity contribution in [3.8, 4) is 0 Å². The van der Waals surface area contributed by atoms with Gasteiger partial charge in [-0.25, -0.2) is 4.79 Å². The number of aliphatic imine (C=N–C) groups is 1. The van der Waals surface area contributed by atoms with Crippen LogP contribution in [0.4, 0.5) is 11.4 Å². The Kier molecular flexibility index (Phi) is 5.35. The zero-order valence-corrected chi connectivity index (χ0v) is 17.6. The van der Waals surface area contributed by atoms with E-state index in [0.29, 0.717) is 16.3 Å². The van der Waals surface area contributed by atoms with Crippen molar-refractivity contribution in [3.05, 3.63) is 63.7 Å². The molecule has 0 atom stereocenters. The van der Waals surface area contributed by atoms with E-state index >= 15 is 0 Å². The number of hydrogen-bond acceptors (Lipinski definition) is 3. The van der Waals surface area contributed by atoms with Crippen LogP contribution in [0.5, 0.6) is 0 Å². The summed E-state index contributed by atoms with van der Waals surface area (Å²) in [6, 6.07) is 9.14. The lowest BCUT2D eigenvalue weighted by atomic mass is 9.88. The van der Waals surface area contributed by atoms with Crippen molar-refractivity contribution in [3.63, 3.8) is 0 Å². The van der Waals surface area contributed by atoms with Gasteiger partial charge in [0.1, 0.15) is 0 Å². The number of rotatable bonds is 4. The molecule has 0 aliphatic carbocycles. The van der Waals surface area contributed by atoms with E-state index in [1.165, 1.54) is 5.57 Å². The lowest BCUT2D eigenvalue weighted by molar-refractivity contribution is 0.0696. The topological polar surface area (TPSA) is 52.9 Å². The predicted octanol–water partition coefficient (Wildman–Crippen LogP) is 6.12. The number of anilines is 1. The number of carbonyl (C=O) groups is 1. The van der Waals surface area contributed by atoms with Gasteiger partial charge in [-0.3, -0.25) is 4.99 Å². The highest BCUT2D eigenvalue weighted by Crippen LogP contribution is 2.41. The number of aromatic carboxylic acids is 1. The van der Waals surface area contributed by atoms with Crippen LogP contribution >= 0.6 is 11.6 Å². The number of halogens is 1. The molecule has 1 aliphatic rings. The molecule has 0 spiro atoms. The van der Waals surface area contributed by atoms with Gasteiger partial charge in [-0.15, -0.1) is 0 Å². The lowest BCUT2D eigenvalue weighted by Gasteiger charge is -2.43. The van der Waals surface area contributed by atoms with Crippen molar-refractivity contribution in [2.24, 2.45) is 4.99 Å². The smallest absolute Gasteiger partial charge is 0.336 e. The Labute approximate surface area is 171 Å². The van der Waals surface area contributed by atoms with Gasteiger partial charge in [-0.1, -0.05) is 23.7 Å². The summed E-state index contributed by atoms with van der Waals surface area (Å²) in [5.74, 6) is -0.954. The fourth-order valence-electron chi connectivity index (χ4n) is 3.93. The molecule has 2 aromatic carbocycles. The molecule has 1 heterocycles. The maximum Gasteiger partial charge on any atom is 0.336 e. The minimum Gasteiger partial charge on any atom is -0.478 e. The molecular formula is C23H25ClN2O2. The molecule has 0 saturated carbocycles. The van der Waals surface area contributed by atoms with Gasteiger partial charge in [0.05, 0.1) is 21.8 Å². The van der Waals surface area contributed by atoms with Crippen LogP contribution in [-0.4, -0.2) is 29.4 Å². The fourth-order valence-corrected chi connectivity index (χ4v) is 4.13. The molecule has 0 fully saturated rings. The van der Waals surface area contributed by atoms with Crippen molar-refractivity contribution in [2.75, 3.05) is 11.4 Å². The standard InChI is InChI=1S/C23H25ClN2O2/c1-6-26-21-11-19(24)16(10-18(21)14(2)12-23(26,4)5)13-25-20-9-7-8-17(15(20)3)22(27)28/h7-13H,6H2,1-5H3,(H,27,28). The number of carboxylic acid groups (broad SMARTS) is 1. The molecule has 28 heavy (non-hydrogen) atoms. The molecular weight excluding hydrogens is 372 g/mol. The van der Waals surface area contributed by atoms with Gasteiger partial charge in [0, 0.05) is 29.6 Å². The highest BCUT2D eigenvalue weighted by molar-refractivity contribution is 6.33. The second kappa shape index (κ2) is 7.44. The highest BCUT2D eigenvalue weighted by Gasteiger charge is 2.30. The second-order valence-corrected chi connectivity index (χ2v) is 8.04. The third kappa shape index (κ3) is 3.57. The monoisotopic (exact) mass is 396 g/mol. The molecule has 0 bridgehead atoms. The van der Waals surface area contributed by atoms with Crippen molar-refractivity contribution in [1.82, 2.24) is 0 Å². The molecule has 0 amide bonds. The summed E-state index contributed by atoms with van der Waals surface area (Å²) >= 11 is 6.58. The van der Waals surface area contributed by atoms with Gasteiger partial charge < -0.3 is 10.0 Å². The Morgan fingerprint density at radius 3 is 2.64 bits per heavy atom. The minimum atomic E-state index is -0.954. The van der Waals surface area contributed by atoms with Gasteiger partial charge in [0.2, 0.25) is 0 Å². The first-order valence-electron chi connectivity index (χ1n) is 9.33. The van der Waals surface area contributed by atoms with Crippen LogP contribution < -0.4 is 4.90 Å². The quantitative estimate of drug-likeness (QED) is 0.633. The first-order valence-corrected chi connectivity index (χ1v) is 9.71. The zero-order valence-electron chi connectivity index (χ0n) is 16.9. The summed E-state index contributed by atoms with van der Waals surface area (Å²) < 4.78 is 0. The van der Waals surface area contributed by atoms with Gasteiger partial charge in [0.15, 0.2) is 0 Å². The molecule has 0 unspecified atom stereocenters. The van der Waals surface area contributed by atoms with E-state index in [-0.39, 0.29) is 11.1 Å². The number of allylic oxidation sites excluding steroid dienone is 1. The average Bonchev–Trinajstić information content (AvgIpc) is 2.60. The number of nitrogens with zero attached hydrogens (tertiary/aromatic N) is 2. The van der Waals surface area contributed by atoms with E-state index in [1.807, 2.05) is 6.07 Å². The Morgan fingerprint density at radius 1 is 1.29 bits per heavy atom. The number of likely N-dealkylation sites (N-methyl/N-ethyl adjacent to an activating group) is 1. The molecule has 5 heteroatoms. The summed E-state index contributed by atoms with van der Waals surface area (Å²) in [5.41, 5.74) is 5.73. The maximum atomic E-state index is 11.3. The van der Waals surface area contributed by atoms with Gasteiger partial charge in [-0.05, 0) is 70.0 Å². The fraction of sp³-hybridized carbons (Fsp3) is 0.304. The van der Waals surface area contributed by atoms with Crippen molar-refractivity contribution in [2.45, 2.75) is 40.2 Å². The predicted molar refractivity (Wildman–Crippen MR) is 118 cm³/mol. The normalized spacial score (nSPS) is 15.5. The Morgan fingerprint density at radius 2 is 2.00 bits per heavy atom. The van der Waals surface area contributed by atoms with Crippen LogP contribution in [0.3, 0.4) is 0 Å². The van der Waals surface area contributed by atoms with E-state index in [9.17, 15) is 9.90 Å². The van der Waals surface area contributed by atoms with Crippen LogP contribution in [0, 0.1) is 6.92 Å². The molecule has 4 nitrogen and oxygen atoms in total. The number of carboxylic acids is 1. The average molecular weight is 397 g/mol. The van der Waals surface area contributed by atoms with Gasteiger partial charge in [0.25, 0.3) is 0 Å². The first-order chi connectivity index (χ1) is 13.2. The molecule has 1 aliphatic heterocycles. The van der Waals surface area contributed by atoms with E-state index in [0.717, 1.165) is 23.4 Å². The molecule has 1 N–H and O–H groups in total. The molecule has 3 rings (SSSR count). The maximum absolute atomic E-state index is 11.3. The molecule has 0 saturated heterocycles. The van der Waals surface area contributed by atoms with Crippen LogP contribution in [0.15, 0.2) is 41.4 Å². The molecule has 146 valence electrons. The Hall–Kier alpha value is -2.59. The highest BCUT2D eigenvalue weighted by atomic mass is 35.5. The van der Waals surface area contributed by atoms with Crippen LogP contribution in [0.25, 0.3) is 5.57 Å². The number of hydrogen-bond donors (Lipinski definition) is 1. The molecule has 0 radical (unpaired) electrons. The Bertz CT molecular complexity index is 1010. The molecule has 0 aromatic heterocycles. The van der Waals surface area contributed by atoms with Crippen molar-refractivity contribution in [1.29, 1.82) is 0 Å². The van der Waals surface area contributed by atoms with Gasteiger partial charge >= 0.3 is 5.97 Å². The largest absolute Gasteiger partial charge is 0.478 e. The Balaban J connectivity index is 2.05. The van der Waals surface area contributed by atoms with Crippen LogP contribution in [-0.2, 0) is 0 Å². The van der Waals surface area contributed by atoms with E-state index in [2.05, 4.69) is 49.7 Å². The minimum absolute atomic E-state index is 0.0703. The number of benzene rings is 2. The van der Waals surface area contributed by atoms with Gasteiger partial charge in [-0.2, -0.15) is 0 Å². The summed E-state index contributed by atoms with van der Waals surface area (Å²) in [4.78, 5) is 18.2. The summed E-state index contributed by atoms with van der Waals surface area (Å²) in [5, 5.41) is 9.91. The first kappa shape index (κ1) is 20.2. The summed E-state index contributed by atoms with van der Waals surface area (Å²) in [6.45, 7) is 11.3. The third-order valence-electron chi connectivity index (χ3n) is 5.29. The van der Waals surface area contributed by atoms with E-state index in [4.69, 9.17) is 11.6 Å². The van der Waals surface area contributed by atoms with Crippen LogP contribution in [0.2, 0.25) is 5.02 Å². The summed E-state index contributed by atoms with van der Waals surface area (Å²) in [6.07, 6.45) is 3.98. The number of fused-ring (bicyclic) bond motifs is 1. The summed E-state index contributed by atoms with van der Waals surface area (Å²) in [7, 11) is 0. The van der Waals surface area contributed by atoms with Crippen molar-refractivity contribution >= 4 is 40.7 Å². The second-order valence-electron chi connectivity index (χ2n) is 7.63. The van der Waals surface area contributed by atoms with Crippen molar-refractivity contribution < 1.29 is 9.90 Å². The van der Waals surface area contributed by atoms with E-state index in [1.54, 1.807) is 31.3 Å².